The minimum atomic E-state index is 0. The van der Waals surface area contributed by atoms with Gasteiger partial charge in [-0.25, -0.2) is 0 Å². The molecule has 0 aromatic heterocycles. The van der Waals surface area contributed by atoms with Crippen molar-refractivity contribution < 1.29 is 9.47 Å². The Balaban J connectivity index is 0.00000289. The lowest BCUT2D eigenvalue weighted by Crippen LogP contribution is -2.36. The van der Waals surface area contributed by atoms with Crippen molar-refractivity contribution in [1.82, 2.24) is 10.6 Å². The number of benzene rings is 2. The van der Waals surface area contributed by atoms with E-state index in [1.165, 1.54) is 28.8 Å². The molecular weight excluding hydrogens is 515 g/mol. The highest BCUT2D eigenvalue weighted by Crippen LogP contribution is 2.27. The van der Waals surface area contributed by atoms with Crippen molar-refractivity contribution in [3.63, 3.8) is 0 Å². The van der Waals surface area contributed by atoms with Crippen LogP contribution >= 0.6 is 24.0 Å². The van der Waals surface area contributed by atoms with Gasteiger partial charge < -0.3 is 25.0 Å². The van der Waals surface area contributed by atoms with Crippen LogP contribution in [0.25, 0.3) is 0 Å². The molecule has 1 fully saturated rings. The Labute approximate surface area is 208 Å². The maximum Gasteiger partial charge on any atom is 0.191 e. The summed E-state index contributed by atoms with van der Waals surface area (Å²) in [4.78, 5) is 6.74. The Bertz CT molecular complexity index is 928. The number of anilines is 1. The molecule has 0 radical (unpaired) electrons. The fourth-order valence-corrected chi connectivity index (χ4v) is 4.24. The third-order valence-electron chi connectivity index (χ3n) is 6.03. The van der Waals surface area contributed by atoms with E-state index in [0.717, 1.165) is 49.8 Å². The number of hydrogen-bond acceptors (Lipinski definition) is 4. The summed E-state index contributed by atoms with van der Waals surface area (Å²) >= 11 is 0. The Morgan fingerprint density at radius 1 is 1.19 bits per heavy atom. The van der Waals surface area contributed by atoms with E-state index in [0.29, 0.717) is 13.2 Å². The number of guanidine groups is 1. The molecule has 0 amide bonds. The van der Waals surface area contributed by atoms with Crippen LogP contribution in [0.15, 0.2) is 41.4 Å². The molecule has 4 rings (SSSR count). The number of fused-ring (bicyclic) bond motifs is 1. The molecule has 7 heteroatoms. The van der Waals surface area contributed by atoms with Crippen LogP contribution in [-0.4, -0.2) is 45.9 Å². The van der Waals surface area contributed by atoms with Crippen molar-refractivity contribution in [2.75, 3.05) is 38.8 Å². The predicted octanol–water partition coefficient (Wildman–Crippen LogP) is 4.03. The molecule has 32 heavy (non-hydrogen) atoms. The maximum absolute atomic E-state index is 6.21. The normalized spacial score (nSPS) is 18.0. The first-order valence-electron chi connectivity index (χ1n) is 11.2. The second kappa shape index (κ2) is 11.7. The Kier molecular flexibility index (Phi) is 9.04. The fourth-order valence-electron chi connectivity index (χ4n) is 4.24. The molecule has 0 aliphatic carbocycles. The number of aliphatic imine (C=N–C) groups is 1. The Hall–Kier alpha value is -2.00. The van der Waals surface area contributed by atoms with Gasteiger partial charge in [0.05, 0.1) is 13.2 Å². The smallest absolute Gasteiger partial charge is 0.191 e. The summed E-state index contributed by atoms with van der Waals surface area (Å²) in [5, 5.41) is 6.87. The number of nitrogens with zero attached hydrogens (tertiary/aromatic N) is 2. The summed E-state index contributed by atoms with van der Waals surface area (Å²) in [7, 11) is 3.98. The summed E-state index contributed by atoms with van der Waals surface area (Å²) in [6, 6.07) is 13.1. The average Bonchev–Trinajstić information content (AvgIpc) is 3.28. The van der Waals surface area contributed by atoms with E-state index in [1.54, 1.807) is 7.05 Å². The van der Waals surface area contributed by atoms with Gasteiger partial charge in [0.2, 0.25) is 0 Å². The van der Waals surface area contributed by atoms with Crippen molar-refractivity contribution in [1.29, 1.82) is 0 Å². The molecule has 0 saturated carbocycles. The first-order valence-corrected chi connectivity index (χ1v) is 11.2. The van der Waals surface area contributed by atoms with Gasteiger partial charge in [0.25, 0.3) is 0 Å². The number of ether oxygens (including phenoxy) is 2. The summed E-state index contributed by atoms with van der Waals surface area (Å²) in [5.74, 6) is 1.71. The number of rotatable bonds is 6. The first kappa shape index (κ1) is 24.6. The van der Waals surface area contributed by atoms with Gasteiger partial charge in [-0.3, -0.25) is 4.99 Å². The van der Waals surface area contributed by atoms with Gasteiger partial charge in [0.1, 0.15) is 11.9 Å². The monoisotopic (exact) mass is 550 g/mol. The molecule has 2 heterocycles. The quantitative estimate of drug-likeness (QED) is 0.323. The molecule has 0 bridgehead atoms. The largest absolute Gasteiger partial charge is 0.488 e. The zero-order chi connectivity index (χ0) is 21.6. The van der Waals surface area contributed by atoms with E-state index in [2.05, 4.69) is 70.9 Å². The second-order valence-electron chi connectivity index (χ2n) is 8.48. The van der Waals surface area contributed by atoms with Gasteiger partial charge >= 0.3 is 0 Å². The van der Waals surface area contributed by atoms with Crippen molar-refractivity contribution >= 4 is 35.6 Å². The third kappa shape index (κ3) is 6.28. The number of halogens is 1. The van der Waals surface area contributed by atoms with Crippen LogP contribution in [0.4, 0.5) is 5.69 Å². The van der Waals surface area contributed by atoms with E-state index in [4.69, 9.17) is 9.47 Å². The molecule has 6 nitrogen and oxygen atoms in total. The lowest BCUT2D eigenvalue weighted by Gasteiger charge is -2.28. The topological polar surface area (TPSA) is 58.1 Å². The van der Waals surface area contributed by atoms with Gasteiger partial charge in [0, 0.05) is 51.4 Å². The zero-order valence-corrected chi connectivity index (χ0v) is 21.6. The first-order chi connectivity index (χ1) is 15.1. The van der Waals surface area contributed by atoms with Gasteiger partial charge in [-0.2, -0.15) is 0 Å². The molecule has 2 aromatic rings. The fraction of sp³-hybridized carbons (Fsp3) is 0.480. The van der Waals surface area contributed by atoms with Crippen LogP contribution in [-0.2, 0) is 24.2 Å². The van der Waals surface area contributed by atoms with Crippen LogP contribution < -0.4 is 20.3 Å². The SMILES string of the molecule is CN=C(NCc1ccc2c(c1)CCCN2C)NCc1ccc(C)cc1OC1CCOC1.I. The molecule has 1 unspecified atom stereocenters. The molecule has 2 aromatic carbocycles. The molecule has 0 spiro atoms. The molecule has 1 saturated heterocycles. The van der Waals surface area contributed by atoms with Crippen molar-refractivity contribution in [3.8, 4) is 5.75 Å². The molecule has 1 atom stereocenters. The van der Waals surface area contributed by atoms with E-state index < -0.39 is 0 Å². The van der Waals surface area contributed by atoms with Crippen LogP contribution in [0.5, 0.6) is 5.75 Å². The average molecular weight is 550 g/mol. The van der Waals surface area contributed by atoms with E-state index in [1.807, 2.05) is 0 Å². The van der Waals surface area contributed by atoms with Gasteiger partial charge in [-0.05, 0) is 48.6 Å². The van der Waals surface area contributed by atoms with Gasteiger partial charge in [-0.1, -0.05) is 24.3 Å². The molecule has 174 valence electrons. The predicted molar refractivity (Wildman–Crippen MR) is 142 cm³/mol. The van der Waals surface area contributed by atoms with E-state index in [-0.39, 0.29) is 30.1 Å². The van der Waals surface area contributed by atoms with Gasteiger partial charge in [0.15, 0.2) is 5.96 Å². The summed E-state index contributed by atoms with van der Waals surface area (Å²) < 4.78 is 11.7. The number of aryl methyl sites for hydroxylation is 2. The molecular formula is C25H35IN4O2. The third-order valence-corrected chi connectivity index (χ3v) is 6.03. The van der Waals surface area contributed by atoms with Crippen LogP contribution in [0.1, 0.15) is 35.1 Å². The second-order valence-corrected chi connectivity index (χ2v) is 8.48. The summed E-state index contributed by atoms with van der Waals surface area (Å²) in [5.41, 5.74) is 6.39. The highest BCUT2D eigenvalue weighted by molar-refractivity contribution is 14.0. The Morgan fingerprint density at radius 2 is 2.03 bits per heavy atom. The van der Waals surface area contributed by atoms with Crippen LogP contribution in [0, 0.1) is 6.92 Å². The van der Waals surface area contributed by atoms with Crippen LogP contribution in [0.3, 0.4) is 0 Å². The minimum Gasteiger partial charge on any atom is -0.488 e. The lowest BCUT2D eigenvalue weighted by atomic mass is 9.99. The standard InChI is InChI=1S/C25H34N4O2.HI/c1-18-6-8-21(24(13-18)31-22-10-12-30-17-22)16-28-25(26-2)27-15-19-7-9-23-20(14-19)5-4-11-29(23)3;/h6-9,13-14,22H,4-5,10-12,15-17H2,1-3H3,(H2,26,27,28);1H. The molecule has 2 aliphatic rings. The number of nitrogens with one attached hydrogen (secondary N) is 2. The van der Waals surface area contributed by atoms with E-state index >= 15 is 0 Å². The summed E-state index contributed by atoms with van der Waals surface area (Å²) in [6.07, 6.45) is 3.46. The van der Waals surface area contributed by atoms with Crippen molar-refractivity contribution in [3.05, 3.63) is 58.7 Å². The van der Waals surface area contributed by atoms with Crippen molar-refractivity contribution in [2.45, 2.75) is 45.4 Å². The number of hydrogen-bond donors (Lipinski definition) is 2. The lowest BCUT2D eigenvalue weighted by molar-refractivity contribution is 0.140. The highest BCUT2D eigenvalue weighted by Gasteiger charge is 2.19. The maximum atomic E-state index is 6.21. The molecule has 2 aliphatic heterocycles. The highest BCUT2D eigenvalue weighted by atomic mass is 127. The zero-order valence-electron chi connectivity index (χ0n) is 19.3. The Morgan fingerprint density at radius 3 is 2.81 bits per heavy atom. The van der Waals surface area contributed by atoms with Gasteiger partial charge in [-0.15, -0.1) is 24.0 Å². The van der Waals surface area contributed by atoms with Crippen molar-refractivity contribution in [2.24, 2.45) is 4.99 Å². The minimum absolute atomic E-state index is 0. The van der Waals surface area contributed by atoms with Crippen LogP contribution in [0.2, 0.25) is 0 Å². The molecule has 2 N–H and O–H groups in total. The summed E-state index contributed by atoms with van der Waals surface area (Å²) in [6.45, 7) is 6.07. The van der Waals surface area contributed by atoms with E-state index in [9.17, 15) is 0 Å².